The van der Waals surface area contributed by atoms with Crippen molar-refractivity contribution in [3.8, 4) is 0 Å². The summed E-state index contributed by atoms with van der Waals surface area (Å²) < 4.78 is 2.18. The first-order chi connectivity index (χ1) is 7.86. The first-order valence-electron chi connectivity index (χ1n) is 5.67. The minimum atomic E-state index is 0.969. The number of rotatable bonds is 1. The number of hydrogen-bond acceptors (Lipinski definition) is 2. The van der Waals surface area contributed by atoms with Gasteiger partial charge in [0.2, 0.25) is 5.95 Å². The van der Waals surface area contributed by atoms with Gasteiger partial charge in [0.15, 0.2) is 0 Å². The van der Waals surface area contributed by atoms with Crippen LogP contribution >= 0.6 is 0 Å². The molecule has 1 aliphatic heterocycles. The summed E-state index contributed by atoms with van der Waals surface area (Å²) in [4.78, 5) is 7.01. The van der Waals surface area contributed by atoms with Crippen molar-refractivity contribution in [1.82, 2.24) is 9.55 Å². The fraction of sp³-hybridized carbons (Fsp3) is 0.308. The lowest BCUT2D eigenvalue weighted by molar-refractivity contribution is 0.760. The molecule has 0 fully saturated rings. The molecule has 3 heteroatoms. The summed E-state index contributed by atoms with van der Waals surface area (Å²) in [6.45, 7) is 2.03. The minimum absolute atomic E-state index is 0.969. The second kappa shape index (κ2) is 3.67. The first-order valence-corrected chi connectivity index (χ1v) is 5.67. The Hall–Kier alpha value is -1.77. The van der Waals surface area contributed by atoms with E-state index in [1.54, 1.807) is 0 Å². The van der Waals surface area contributed by atoms with Gasteiger partial charge < -0.3 is 9.47 Å². The molecule has 1 aliphatic rings. The van der Waals surface area contributed by atoms with Gasteiger partial charge in [-0.15, -0.1) is 0 Å². The van der Waals surface area contributed by atoms with E-state index in [2.05, 4.69) is 46.9 Å². The van der Waals surface area contributed by atoms with E-state index in [0.29, 0.717) is 0 Å². The Kier molecular flexibility index (Phi) is 2.17. The predicted molar refractivity (Wildman–Crippen MR) is 66.7 cm³/mol. The van der Waals surface area contributed by atoms with Crippen molar-refractivity contribution < 1.29 is 0 Å². The zero-order chi connectivity index (χ0) is 11.0. The molecule has 16 heavy (non-hydrogen) atoms. The van der Waals surface area contributed by atoms with Gasteiger partial charge in [0.25, 0.3) is 0 Å². The van der Waals surface area contributed by atoms with Gasteiger partial charge in [0, 0.05) is 20.1 Å². The first kappa shape index (κ1) is 9.46. The van der Waals surface area contributed by atoms with Crippen LogP contribution in [0.1, 0.15) is 6.42 Å². The maximum Gasteiger partial charge on any atom is 0.206 e. The van der Waals surface area contributed by atoms with Crippen LogP contribution in [0.2, 0.25) is 0 Å². The molecular weight excluding hydrogens is 198 g/mol. The van der Waals surface area contributed by atoms with Crippen molar-refractivity contribution in [2.75, 3.05) is 18.0 Å². The molecule has 0 radical (unpaired) electrons. The van der Waals surface area contributed by atoms with Crippen LogP contribution in [-0.2, 0) is 7.05 Å². The maximum absolute atomic E-state index is 4.69. The van der Waals surface area contributed by atoms with Crippen molar-refractivity contribution in [2.24, 2.45) is 7.05 Å². The van der Waals surface area contributed by atoms with Gasteiger partial charge in [-0.05, 0) is 18.6 Å². The van der Waals surface area contributed by atoms with Crippen molar-refractivity contribution in [1.29, 1.82) is 0 Å². The highest BCUT2D eigenvalue weighted by Gasteiger charge is 2.14. The Morgan fingerprint density at radius 1 is 1.19 bits per heavy atom. The molecule has 1 aromatic carbocycles. The molecule has 0 saturated heterocycles. The summed E-state index contributed by atoms with van der Waals surface area (Å²) in [5, 5.41) is 0. The highest BCUT2D eigenvalue weighted by Crippen LogP contribution is 2.21. The van der Waals surface area contributed by atoms with E-state index in [9.17, 15) is 0 Å². The molecule has 0 N–H and O–H groups in total. The number of aryl methyl sites for hydroxylation is 1. The quantitative estimate of drug-likeness (QED) is 0.678. The summed E-state index contributed by atoms with van der Waals surface area (Å²) in [7, 11) is 2.09. The number of nitrogens with zero attached hydrogens (tertiary/aromatic N) is 3. The Balaban J connectivity index is 2.09. The molecule has 2 aromatic rings. The molecule has 0 unspecified atom stereocenters. The van der Waals surface area contributed by atoms with E-state index < -0.39 is 0 Å². The monoisotopic (exact) mass is 213 g/mol. The minimum Gasteiger partial charge on any atom is -0.338 e. The van der Waals surface area contributed by atoms with Crippen LogP contribution in [0.4, 0.5) is 5.95 Å². The van der Waals surface area contributed by atoms with Gasteiger partial charge >= 0.3 is 0 Å². The average molecular weight is 213 g/mol. The summed E-state index contributed by atoms with van der Waals surface area (Å²) in [5.41, 5.74) is 2.28. The Labute approximate surface area is 95.0 Å². The number of hydrogen-bond donors (Lipinski definition) is 0. The predicted octanol–water partition coefficient (Wildman–Crippen LogP) is 2.34. The fourth-order valence-corrected chi connectivity index (χ4v) is 2.24. The van der Waals surface area contributed by atoms with Gasteiger partial charge in [-0.2, -0.15) is 0 Å². The van der Waals surface area contributed by atoms with E-state index in [0.717, 1.165) is 31.0 Å². The van der Waals surface area contributed by atoms with E-state index in [-0.39, 0.29) is 0 Å². The van der Waals surface area contributed by atoms with Crippen LogP contribution in [0.3, 0.4) is 0 Å². The highest BCUT2D eigenvalue weighted by molar-refractivity contribution is 5.78. The summed E-state index contributed by atoms with van der Waals surface area (Å²) in [6, 6.07) is 8.28. The molecular formula is C13H15N3. The number of benzene rings is 1. The largest absolute Gasteiger partial charge is 0.338 e. The lowest BCUT2D eigenvalue weighted by Gasteiger charge is -2.24. The summed E-state index contributed by atoms with van der Waals surface area (Å²) in [5.74, 6) is 1.07. The van der Waals surface area contributed by atoms with E-state index >= 15 is 0 Å². The normalized spacial score (nSPS) is 15.9. The lowest BCUT2D eigenvalue weighted by atomic mass is 10.3. The summed E-state index contributed by atoms with van der Waals surface area (Å²) >= 11 is 0. The number of anilines is 1. The van der Waals surface area contributed by atoms with E-state index in [1.165, 1.54) is 5.52 Å². The molecule has 3 nitrogen and oxygen atoms in total. The number of para-hydroxylation sites is 2. The number of aromatic nitrogens is 2. The van der Waals surface area contributed by atoms with E-state index in [1.807, 2.05) is 6.07 Å². The van der Waals surface area contributed by atoms with Gasteiger partial charge in [-0.25, -0.2) is 4.98 Å². The Morgan fingerprint density at radius 3 is 2.81 bits per heavy atom. The number of fused-ring (bicyclic) bond motifs is 1. The van der Waals surface area contributed by atoms with Gasteiger partial charge in [-0.3, -0.25) is 0 Å². The van der Waals surface area contributed by atoms with Crippen molar-refractivity contribution >= 4 is 17.0 Å². The fourth-order valence-electron chi connectivity index (χ4n) is 2.24. The lowest BCUT2D eigenvalue weighted by Crippen LogP contribution is -2.29. The highest BCUT2D eigenvalue weighted by atomic mass is 15.3. The third kappa shape index (κ3) is 1.40. The van der Waals surface area contributed by atoms with E-state index in [4.69, 9.17) is 4.98 Å². The summed E-state index contributed by atoms with van der Waals surface area (Å²) in [6.07, 6.45) is 5.56. The second-order valence-corrected chi connectivity index (χ2v) is 4.17. The third-order valence-electron chi connectivity index (χ3n) is 3.10. The molecule has 0 saturated carbocycles. The van der Waals surface area contributed by atoms with Crippen LogP contribution in [0.15, 0.2) is 36.4 Å². The molecule has 3 rings (SSSR count). The molecule has 1 aromatic heterocycles. The van der Waals surface area contributed by atoms with Gasteiger partial charge in [0.1, 0.15) is 0 Å². The van der Waals surface area contributed by atoms with Crippen LogP contribution in [0, 0.1) is 0 Å². The Bertz CT molecular complexity index is 539. The molecule has 0 aliphatic carbocycles. The van der Waals surface area contributed by atoms with Crippen LogP contribution < -0.4 is 4.90 Å². The Morgan fingerprint density at radius 2 is 2.06 bits per heavy atom. The SMILES string of the molecule is Cn1c(N2CC=CCC2)nc2ccccc21. The van der Waals surface area contributed by atoms with Gasteiger partial charge in [0.05, 0.1) is 11.0 Å². The molecule has 82 valence electrons. The third-order valence-corrected chi connectivity index (χ3v) is 3.10. The molecule has 0 spiro atoms. The second-order valence-electron chi connectivity index (χ2n) is 4.17. The standard InChI is InChI=1S/C13H15N3/c1-15-12-8-4-3-7-11(12)14-13(15)16-9-5-2-6-10-16/h2-5,7-8H,6,9-10H2,1H3. The van der Waals surface area contributed by atoms with Crippen LogP contribution in [0.25, 0.3) is 11.0 Å². The topological polar surface area (TPSA) is 21.1 Å². The zero-order valence-electron chi connectivity index (χ0n) is 9.43. The molecule has 0 atom stereocenters. The zero-order valence-corrected chi connectivity index (χ0v) is 9.43. The maximum atomic E-state index is 4.69. The average Bonchev–Trinajstić information content (AvgIpc) is 2.69. The molecule has 2 heterocycles. The van der Waals surface area contributed by atoms with Crippen molar-refractivity contribution in [3.05, 3.63) is 36.4 Å². The van der Waals surface area contributed by atoms with Crippen molar-refractivity contribution in [3.63, 3.8) is 0 Å². The van der Waals surface area contributed by atoms with Crippen LogP contribution in [0.5, 0.6) is 0 Å². The van der Waals surface area contributed by atoms with Crippen molar-refractivity contribution in [2.45, 2.75) is 6.42 Å². The van der Waals surface area contributed by atoms with Crippen LogP contribution in [-0.4, -0.2) is 22.6 Å². The molecule has 0 amide bonds. The number of imidazole rings is 1. The van der Waals surface area contributed by atoms with Gasteiger partial charge in [-0.1, -0.05) is 24.3 Å². The molecule has 0 bridgehead atoms. The smallest absolute Gasteiger partial charge is 0.206 e.